The maximum absolute atomic E-state index is 9.25. The van der Waals surface area contributed by atoms with Gasteiger partial charge in [-0.25, -0.2) is 4.98 Å². The Balaban J connectivity index is 2.05. The number of phenolic OH excluding ortho intramolecular Hbond substituents is 1. The predicted molar refractivity (Wildman–Crippen MR) is 75.6 cm³/mol. The molecule has 0 saturated heterocycles. The minimum Gasteiger partial charge on any atom is -0.508 e. The van der Waals surface area contributed by atoms with Crippen molar-refractivity contribution in [2.45, 2.75) is 0 Å². The van der Waals surface area contributed by atoms with E-state index in [1.54, 1.807) is 36.4 Å². The molecule has 0 aliphatic heterocycles. The molecule has 1 N–H and O–H groups in total. The summed E-state index contributed by atoms with van der Waals surface area (Å²) in [4.78, 5) is 4.29. The molecule has 4 nitrogen and oxygen atoms in total. The van der Waals surface area contributed by atoms with Gasteiger partial charge in [0.15, 0.2) is 5.58 Å². The Labute approximate surface area is 115 Å². The van der Waals surface area contributed by atoms with Crippen LogP contribution in [0.25, 0.3) is 22.7 Å². The van der Waals surface area contributed by atoms with Crippen LogP contribution in [0.2, 0.25) is 0 Å². The lowest BCUT2D eigenvalue weighted by molar-refractivity contribution is 0.475. The second-order valence-corrected chi connectivity index (χ2v) is 4.25. The Kier molecular flexibility index (Phi) is 2.94. The second kappa shape index (κ2) is 4.90. The van der Waals surface area contributed by atoms with Crippen molar-refractivity contribution in [3.63, 3.8) is 0 Å². The molecule has 0 fully saturated rings. The number of benzene rings is 2. The molecule has 0 atom stereocenters. The number of hydrogen-bond donors (Lipinski definition) is 1. The van der Waals surface area contributed by atoms with Gasteiger partial charge in [0.1, 0.15) is 22.9 Å². The highest BCUT2D eigenvalue weighted by atomic mass is 16.3. The normalized spacial score (nSPS) is 11.4. The number of aromatic nitrogens is 1. The summed E-state index contributed by atoms with van der Waals surface area (Å²) >= 11 is 0. The van der Waals surface area contributed by atoms with Crippen LogP contribution in [0.5, 0.6) is 5.75 Å². The lowest BCUT2D eigenvalue weighted by atomic mass is 10.1. The van der Waals surface area contributed by atoms with E-state index in [-0.39, 0.29) is 5.75 Å². The summed E-state index contributed by atoms with van der Waals surface area (Å²) in [5.74, 6) is 0.476. The Morgan fingerprint density at radius 2 is 1.90 bits per heavy atom. The number of phenols is 1. The predicted octanol–water partition coefficient (Wildman–Crippen LogP) is 3.60. The molecule has 0 radical (unpaired) electrons. The van der Waals surface area contributed by atoms with Gasteiger partial charge in [0, 0.05) is 0 Å². The smallest absolute Gasteiger partial charge is 0.238 e. The monoisotopic (exact) mass is 262 g/mol. The molecule has 0 spiro atoms. The van der Waals surface area contributed by atoms with Crippen LogP contribution in [0.1, 0.15) is 11.5 Å². The van der Waals surface area contributed by atoms with Crippen molar-refractivity contribution in [2.75, 3.05) is 0 Å². The molecule has 1 aromatic heterocycles. The summed E-state index contributed by atoms with van der Waals surface area (Å²) in [7, 11) is 0. The van der Waals surface area contributed by atoms with Crippen LogP contribution in [0.15, 0.2) is 52.9 Å². The zero-order valence-corrected chi connectivity index (χ0v) is 10.4. The molecule has 0 aliphatic carbocycles. The van der Waals surface area contributed by atoms with Gasteiger partial charge in [-0.1, -0.05) is 24.3 Å². The number of nitrogens with zero attached hydrogens (tertiary/aromatic N) is 2. The Hall–Kier alpha value is -3.06. The number of oxazole rings is 1. The lowest BCUT2D eigenvalue weighted by Crippen LogP contribution is -1.81. The lowest BCUT2D eigenvalue weighted by Gasteiger charge is -1.95. The fraction of sp³-hybridized carbons (Fsp3) is 0. The molecule has 0 unspecified atom stereocenters. The molecule has 2 aromatic carbocycles. The third-order valence-electron chi connectivity index (χ3n) is 2.85. The summed E-state index contributed by atoms with van der Waals surface area (Å²) in [5.41, 5.74) is 2.50. The van der Waals surface area contributed by atoms with Crippen molar-refractivity contribution in [1.29, 1.82) is 5.26 Å². The first kappa shape index (κ1) is 12.0. The van der Waals surface area contributed by atoms with Gasteiger partial charge in [-0.3, -0.25) is 0 Å². The number of rotatable bonds is 2. The minimum absolute atomic E-state index is 0.183. The third-order valence-corrected chi connectivity index (χ3v) is 2.85. The molecular formula is C16H10N2O2. The topological polar surface area (TPSA) is 70.0 Å². The standard InChI is InChI=1S/C16H10N2O2/c17-10-12(9-11-5-7-13(19)8-6-11)16-18-14-3-1-2-4-15(14)20-16/h1-9,19H/b12-9+. The molecule has 0 amide bonds. The summed E-state index contributed by atoms with van der Waals surface area (Å²) in [6.07, 6.45) is 1.67. The Bertz CT molecular complexity index is 791. The van der Waals surface area contributed by atoms with Gasteiger partial charge in [0.2, 0.25) is 5.89 Å². The van der Waals surface area contributed by atoms with Crippen LogP contribution < -0.4 is 0 Å². The van der Waals surface area contributed by atoms with Crippen LogP contribution in [-0.4, -0.2) is 10.1 Å². The first-order valence-electron chi connectivity index (χ1n) is 6.03. The van der Waals surface area contributed by atoms with E-state index in [4.69, 9.17) is 4.42 Å². The average molecular weight is 262 g/mol. The summed E-state index contributed by atoms with van der Waals surface area (Å²) < 4.78 is 5.57. The summed E-state index contributed by atoms with van der Waals surface area (Å²) in [5, 5.41) is 18.5. The largest absolute Gasteiger partial charge is 0.508 e. The van der Waals surface area contributed by atoms with E-state index in [0.717, 1.165) is 5.56 Å². The van der Waals surface area contributed by atoms with Gasteiger partial charge in [-0.2, -0.15) is 5.26 Å². The van der Waals surface area contributed by atoms with Gasteiger partial charge in [0.05, 0.1) is 0 Å². The molecule has 0 saturated carbocycles. The summed E-state index contributed by atoms with van der Waals surface area (Å²) in [6.45, 7) is 0. The van der Waals surface area contributed by atoms with Gasteiger partial charge in [-0.15, -0.1) is 0 Å². The first-order chi connectivity index (χ1) is 9.76. The minimum atomic E-state index is 0.183. The quantitative estimate of drug-likeness (QED) is 0.716. The zero-order valence-electron chi connectivity index (χ0n) is 10.4. The number of nitriles is 1. The van der Waals surface area contributed by atoms with Crippen molar-refractivity contribution in [1.82, 2.24) is 4.98 Å². The Morgan fingerprint density at radius 3 is 2.60 bits per heavy atom. The van der Waals surface area contributed by atoms with Gasteiger partial charge >= 0.3 is 0 Å². The van der Waals surface area contributed by atoms with Crippen LogP contribution in [0.3, 0.4) is 0 Å². The fourth-order valence-corrected chi connectivity index (χ4v) is 1.87. The molecule has 1 heterocycles. The number of para-hydroxylation sites is 2. The molecule has 20 heavy (non-hydrogen) atoms. The van der Waals surface area contributed by atoms with Gasteiger partial charge in [-0.05, 0) is 35.9 Å². The number of aromatic hydroxyl groups is 1. The zero-order chi connectivity index (χ0) is 13.9. The highest BCUT2D eigenvalue weighted by Crippen LogP contribution is 2.22. The van der Waals surface area contributed by atoms with Crippen LogP contribution in [0, 0.1) is 11.3 Å². The average Bonchev–Trinajstić information content (AvgIpc) is 2.90. The van der Waals surface area contributed by atoms with Crippen molar-refractivity contribution < 1.29 is 9.52 Å². The summed E-state index contributed by atoms with van der Waals surface area (Å²) in [6, 6.07) is 16.0. The van der Waals surface area contributed by atoms with Crippen LogP contribution in [-0.2, 0) is 0 Å². The number of fused-ring (bicyclic) bond motifs is 1. The Morgan fingerprint density at radius 1 is 1.15 bits per heavy atom. The molecule has 3 aromatic rings. The number of hydrogen-bond acceptors (Lipinski definition) is 4. The van der Waals surface area contributed by atoms with Gasteiger partial charge in [0.25, 0.3) is 0 Å². The van der Waals surface area contributed by atoms with E-state index < -0.39 is 0 Å². The second-order valence-electron chi connectivity index (χ2n) is 4.25. The van der Waals surface area contributed by atoms with Crippen LogP contribution in [0.4, 0.5) is 0 Å². The first-order valence-corrected chi connectivity index (χ1v) is 6.03. The molecule has 0 bridgehead atoms. The molecule has 96 valence electrons. The van der Waals surface area contributed by atoms with E-state index in [9.17, 15) is 10.4 Å². The van der Waals surface area contributed by atoms with E-state index >= 15 is 0 Å². The molecule has 3 rings (SSSR count). The fourth-order valence-electron chi connectivity index (χ4n) is 1.87. The van der Waals surface area contributed by atoms with Crippen LogP contribution >= 0.6 is 0 Å². The van der Waals surface area contributed by atoms with Crippen molar-refractivity contribution in [3.8, 4) is 11.8 Å². The highest BCUT2D eigenvalue weighted by Gasteiger charge is 2.10. The highest BCUT2D eigenvalue weighted by molar-refractivity contribution is 5.88. The van der Waals surface area contributed by atoms with E-state index in [0.29, 0.717) is 22.6 Å². The van der Waals surface area contributed by atoms with Gasteiger partial charge < -0.3 is 9.52 Å². The van der Waals surface area contributed by atoms with E-state index in [1.807, 2.05) is 18.2 Å². The van der Waals surface area contributed by atoms with Crippen molar-refractivity contribution >= 4 is 22.7 Å². The third kappa shape index (κ3) is 2.25. The SMILES string of the molecule is N#C/C(=C\c1ccc(O)cc1)c1nc2ccccc2o1. The molecule has 0 aliphatic rings. The number of allylic oxidation sites excluding steroid dienone is 1. The van der Waals surface area contributed by atoms with E-state index in [1.165, 1.54) is 0 Å². The maximum Gasteiger partial charge on any atom is 0.238 e. The molecular weight excluding hydrogens is 252 g/mol. The van der Waals surface area contributed by atoms with E-state index in [2.05, 4.69) is 11.1 Å². The molecule has 4 heteroatoms. The van der Waals surface area contributed by atoms with Crippen molar-refractivity contribution in [3.05, 3.63) is 60.0 Å². The maximum atomic E-state index is 9.25. The van der Waals surface area contributed by atoms with Crippen molar-refractivity contribution in [2.24, 2.45) is 0 Å².